The van der Waals surface area contributed by atoms with Gasteiger partial charge in [0.1, 0.15) is 11.9 Å². The van der Waals surface area contributed by atoms with Crippen LogP contribution in [0.1, 0.15) is 31.7 Å². The summed E-state index contributed by atoms with van der Waals surface area (Å²) in [6, 6.07) is 8.60. The molecule has 0 spiro atoms. The maximum absolute atomic E-state index is 12.5. The molecule has 8 heteroatoms. The summed E-state index contributed by atoms with van der Waals surface area (Å²) >= 11 is 0. The number of ether oxygens (including phenoxy) is 1. The Kier molecular flexibility index (Phi) is 8.45. The summed E-state index contributed by atoms with van der Waals surface area (Å²) in [4.78, 5) is 36.1. The molecule has 2 N–H and O–H groups in total. The molecule has 29 heavy (non-hydrogen) atoms. The molecule has 2 heterocycles. The van der Waals surface area contributed by atoms with Crippen LogP contribution in [-0.2, 0) is 14.4 Å². The monoisotopic (exact) mass is 405 g/mol. The Balaban J connectivity index is 0.000000941. The number of aryl methyl sites for hydroxylation is 1. The minimum Gasteiger partial charge on any atom is -0.487 e. The van der Waals surface area contributed by atoms with E-state index in [-0.39, 0.29) is 30.4 Å². The van der Waals surface area contributed by atoms with E-state index in [1.807, 2.05) is 36.1 Å². The molecule has 2 fully saturated rings. The Morgan fingerprint density at radius 1 is 1.21 bits per heavy atom. The molecule has 1 aromatic carbocycles. The minimum absolute atomic E-state index is 0.00174. The zero-order valence-corrected chi connectivity index (χ0v) is 17.3. The number of carbonyl (C=O) groups excluding carboxylic acids is 2. The van der Waals surface area contributed by atoms with Crippen LogP contribution in [0.3, 0.4) is 0 Å². The molecule has 2 saturated heterocycles. The van der Waals surface area contributed by atoms with Gasteiger partial charge >= 0.3 is 0 Å². The second-order valence-corrected chi connectivity index (χ2v) is 7.65. The van der Waals surface area contributed by atoms with Gasteiger partial charge in [0.15, 0.2) is 0 Å². The summed E-state index contributed by atoms with van der Waals surface area (Å²) in [6.07, 6.45) is 2.66. The van der Waals surface area contributed by atoms with Gasteiger partial charge in [-0.1, -0.05) is 17.7 Å². The molecule has 0 aliphatic carbocycles. The normalized spacial score (nSPS) is 21.6. The zero-order chi connectivity index (χ0) is 21.4. The van der Waals surface area contributed by atoms with Crippen molar-refractivity contribution in [1.29, 1.82) is 0 Å². The predicted octanol–water partition coefficient (Wildman–Crippen LogP) is 1.27. The van der Waals surface area contributed by atoms with Gasteiger partial charge in [0.2, 0.25) is 11.8 Å². The van der Waals surface area contributed by atoms with Gasteiger partial charge in [-0.25, -0.2) is 0 Å². The summed E-state index contributed by atoms with van der Waals surface area (Å²) in [6.45, 7) is 5.33. The molecule has 0 bridgehead atoms. The smallest absolute Gasteiger partial charge is 0.290 e. The number of likely N-dealkylation sites (N-methyl/N-ethyl adjacent to an activating group) is 1. The van der Waals surface area contributed by atoms with Gasteiger partial charge < -0.3 is 20.1 Å². The molecular weight excluding hydrogens is 374 g/mol. The van der Waals surface area contributed by atoms with Gasteiger partial charge in [-0.05, 0) is 38.9 Å². The lowest BCUT2D eigenvalue weighted by Crippen LogP contribution is -2.57. The van der Waals surface area contributed by atoms with Crippen LogP contribution in [0.15, 0.2) is 24.3 Å². The lowest BCUT2D eigenvalue weighted by atomic mass is 10.1. The van der Waals surface area contributed by atoms with Crippen LogP contribution in [0.5, 0.6) is 5.75 Å². The Bertz CT molecular complexity index is 688. The standard InChI is InChI=1S/C20H29N3O3.CH2O2/c1-14-4-8-18(9-5-14)26-19-12-23(13-19)20(25)10-16-6-7-17(22(16)3)11-21-15(2)24;2-1-3/h4-5,8-9,16-17,19H,6-7,10-13H2,1-3H3,(H,21,24);1H,(H,2,3)/t16-,17+;/m0./s1. The van der Waals surface area contributed by atoms with E-state index in [1.54, 1.807) is 0 Å². The van der Waals surface area contributed by atoms with E-state index >= 15 is 0 Å². The van der Waals surface area contributed by atoms with E-state index < -0.39 is 0 Å². The molecule has 0 radical (unpaired) electrons. The van der Waals surface area contributed by atoms with E-state index in [0.717, 1.165) is 18.6 Å². The fourth-order valence-corrected chi connectivity index (χ4v) is 3.70. The Morgan fingerprint density at radius 2 is 1.79 bits per heavy atom. The first kappa shape index (κ1) is 22.7. The number of nitrogens with zero attached hydrogens (tertiary/aromatic N) is 2. The lowest BCUT2D eigenvalue weighted by molar-refractivity contribution is -0.141. The number of benzene rings is 1. The van der Waals surface area contributed by atoms with E-state index in [1.165, 1.54) is 12.5 Å². The molecule has 8 nitrogen and oxygen atoms in total. The number of nitrogens with one attached hydrogen (secondary N) is 1. The minimum atomic E-state index is -0.250. The first-order valence-corrected chi connectivity index (χ1v) is 9.89. The van der Waals surface area contributed by atoms with Crippen LogP contribution in [0, 0.1) is 6.92 Å². The first-order chi connectivity index (χ1) is 13.8. The summed E-state index contributed by atoms with van der Waals surface area (Å²) in [5, 5.41) is 9.77. The average molecular weight is 405 g/mol. The molecule has 3 rings (SSSR count). The van der Waals surface area contributed by atoms with Crippen LogP contribution in [0.4, 0.5) is 0 Å². The summed E-state index contributed by atoms with van der Waals surface area (Å²) < 4.78 is 5.90. The van der Waals surface area contributed by atoms with Gasteiger partial charge in [-0.15, -0.1) is 0 Å². The van der Waals surface area contributed by atoms with E-state index in [4.69, 9.17) is 14.6 Å². The number of carbonyl (C=O) groups is 3. The lowest BCUT2D eigenvalue weighted by Gasteiger charge is -2.40. The van der Waals surface area contributed by atoms with E-state index in [0.29, 0.717) is 32.1 Å². The number of rotatable bonds is 6. The van der Waals surface area contributed by atoms with Crippen molar-refractivity contribution >= 4 is 18.3 Å². The summed E-state index contributed by atoms with van der Waals surface area (Å²) in [7, 11) is 2.05. The molecular formula is C21H31N3O5. The van der Waals surface area contributed by atoms with Gasteiger partial charge in [0.25, 0.3) is 6.47 Å². The molecule has 2 aliphatic heterocycles. The fraction of sp³-hybridized carbons (Fsp3) is 0.571. The van der Waals surface area contributed by atoms with Crippen LogP contribution in [0.25, 0.3) is 0 Å². The third-order valence-corrected chi connectivity index (χ3v) is 5.51. The molecule has 1 aromatic rings. The van der Waals surface area contributed by atoms with Crippen LogP contribution in [0.2, 0.25) is 0 Å². The quantitative estimate of drug-likeness (QED) is 0.692. The van der Waals surface area contributed by atoms with Crippen molar-refractivity contribution in [3.63, 3.8) is 0 Å². The maximum Gasteiger partial charge on any atom is 0.290 e. The second kappa shape index (κ2) is 10.8. The number of amides is 2. The van der Waals surface area contributed by atoms with Gasteiger partial charge in [-0.2, -0.15) is 0 Å². The highest BCUT2D eigenvalue weighted by molar-refractivity contribution is 5.78. The maximum atomic E-state index is 12.5. The number of likely N-dealkylation sites (tertiary alicyclic amines) is 2. The van der Waals surface area contributed by atoms with Crippen LogP contribution < -0.4 is 10.1 Å². The average Bonchev–Trinajstić information content (AvgIpc) is 2.98. The highest BCUT2D eigenvalue weighted by Crippen LogP contribution is 2.26. The van der Waals surface area contributed by atoms with Crippen LogP contribution >= 0.6 is 0 Å². The van der Waals surface area contributed by atoms with E-state index in [9.17, 15) is 9.59 Å². The summed E-state index contributed by atoms with van der Waals surface area (Å²) in [5.41, 5.74) is 1.21. The van der Waals surface area contributed by atoms with Crippen molar-refractivity contribution in [3.05, 3.63) is 29.8 Å². The zero-order valence-electron chi connectivity index (χ0n) is 17.3. The number of hydrogen-bond donors (Lipinski definition) is 2. The molecule has 0 unspecified atom stereocenters. The van der Waals surface area contributed by atoms with Crippen molar-refractivity contribution in [2.24, 2.45) is 0 Å². The van der Waals surface area contributed by atoms with Crippen molar-refractivity contribution < 1.29 is 24.2 Å². The van der Waals surface area contributed by atoms with Crippen LogP contribution in [-0.4, -0.2) is 78.1 Å². The molecule has 0 saturated carbocycles. The van der Waals surface area contributed by atoms with E-state index in [2.05, 4.69) is 17.3 Å². The van der Waals surface area contributed by atoms with Crippen molar-refractivity contribution in [2.75, 3.05) is 26.7 Å². The van der Waals surface area contributed by atoms with Crippen molar-refractivity contribution in [1.82, 2.24) is 15.1 Å². The highest BCUT2D eigenvalue weighted by Gasteiger charge is 2.36. The Hall–Kier alpha value is -2.61. The number of hydrogen-bond acceptors (Lipinski definition) is 5. The van der Waals surface area contributed by atoms with Gasteiger partial charge in [-0.3, -0.25) is 19.3 Å². The third kappa shape index (κ3) is 6.74. The largest absolute Gasteiger partial charge is 0.487 e. The number of carboxylic acid groups (broad SMARTS) is 1. The van der Waals surface area contributed by atoms with Gasteiger partial charge in [0.05, 0.1) is 13.1 Å². The molecule has 160 valence electrons. The van der Waals surface area contributed by atoms with Gasteiger partial charge in [0, 0.05) is 32.0 Å². The SMILES string of the molecule is CC(=O)NC[C@H]1CC[C@@H](CC(=O)N2CC(Oc3ccc(C)cc3)C2)N1C.O=CO. The molecule has 2 atom stereocenters. The third-order valence-electron chi connectivity index (χ3n) is 5.51. The fourth-order valence-electron chi connectivity index (χ4n) is 3.70. The predicted molar refractivity (Wildman–Crippen MR) is 109 cm³/mol. The first-order valence-electron chi connectivity index (χ1n) is 9.89. The highest BCUT2D eigenvalue weighted by atomic mass is 16.5. The summed E-state index contributed by atoms with van der Waals surface area (Å²) in [5.74, 6) is 1.06. The van der Waals surface area contributed by atoms with Crippen molar-refractivity contribution in [3.8, 4) is 5.75 Å². The topological polar surface area (TPSA) is 99.2 Å². The second-order valence-electron chi connectivity index (χ2n) is 7.65. The van der Waals surface area contributed by atoms with Crippen molar-refractivity contribution in [2.45, 2.75) is 51.3 Å². The Labute approximate surface area is 171 Å². The Morgan fingerprint density at radius 3 is 2.38 bits per heavy atom. The molecule has 0 aromatic heterocycles. The molecule has 2 amide bonds. The molecule has 2 aliphatic rings.